The molecule has 0 bridgehead atoms. The summed E-state index contributed by atoms with van der Waals surface area (Å²) in [5, 5.41) is 5.44. The van der Waals surface area contributed by atoms with E-state index in [1.54, 1.807) is 25.3 Å². The molecule has 22 heavy (non-hydrogen) atoms. The molecule has 0 aliphatic rings. The van der Waals surface area contributed by atoms with Gasteiger partial charge in [0.1, 0.15) is 5.75 Å². The second-order valence-electron chi connectivity index (χ2n) is 5.36. The van der Waals surface area contributed by atoms with Crippen LogP contribution in [0.4, 0.5) is 11.4 Å². The highest BCUT2D eigenvalue weighted by atomic mass is 16.5. The summed E-state index contributed by atoms with van der Waals surface area (Å²) in [6.07, 6.45) is 0.253. The third kappa shape index (κ3) is 6.58. The number of methoxy groups -OCH3 is 1. The Labute approximate surface area is 131 Å². The van der Waals surface area contributed by atoms with Crippen molar-refractivity contribution in [3.05, 3.63) is 18.2 Å². The zero-order chi connectivity index (χ0) is 16.5. The molecule has 2 N–H and O–H groups in total. The SMILES string of the molecule is COc1ccc(NC(C)=O)c(NC(=O)CCOCC(C)C)c1. The van der Waals surface area contributed by atoms with E-state index in [0.29, 0.717) is 36.3 Å². The van der Waals surface area contributed by atoms with E-state index in [1.165, 1.54) is 6.92 Å². The van der Waals surface area contributed by atoms with Crippen LogP contribution in [-0.2, 0) is 14.3 Å². The molecule has 0 spiro atoms. The molecule has 0 fully saturated rings. The van der Waals surface area contributed by atoms with Crippen LogP contribution in [0.3, 0.4) is 0 Å². The quantitative estimate of drug-likeness (QED) is 0.724. The lowest BCUT2D eigenvalue weighted by molar-refractivity contribution is -0.117. The summed E-state index contributed by atoms with van der Waals surface area (Å²) in [5.41, 5.74) is 1.04. The lowest BCUT2D eigenvalue weighted by Crippen LogP contribution is -2.17. The molecule has 0 heterocycles. The standard InChI is InChI=1S/C16H24N2O4/c1-11(2)10-22-8-7-16(20)18-15-9-13(21-4)5-6-14(15)17-12(3)19/h5-6,9,11H,7-8,10H2,1-4H3,(H,17,19)(H,18,20). The van der Waals surface area contributed by atoms with Gasteiger partial charge in [-0.25, -0.2) is 0 Å². The van der Waals surface area contributed by atoms with Crippen LogP contribution in [0, 0.1) is 5.92 Å². The van der Waals surface area contributed by atoms with E-state index in [4.69, 9.17) is 9.47 Å². The molecule has 0 saturated heterocycles. The molecule has 2 amide bonds. The molecular weight excluding hydrogens is 284 g/mol. The number of carbonyl (C=O) groups is 2. The topological polar surface area (TPSA) is 76.7 Å². The van der Waals surface area contributed by atoms with Gasteiger partial charge in [0, 0.05) is 19.6 Å². The highest BCUT2D eigenvalue weighted by Crippen LogP contribution is 2.27. The van der Waals surface area contributed by atoms with Gasteiger partial charge in [-0.1, -0.05) is 13.8 Å². The zero-order valence-corrected chi connectivity index (χ0v) is 13.6. The Bertz CT molecular complexity index is 515. The number of nitrogens with one attached hydrogen (secondary N) is 2. The maximum absolute atomic E-state index is 12.0. The van der Waals surface area contributed by atoms with E-state index < -0.39 is 0 Å². The largest absolute Gasteiger partial charge is 0.497 e. The third-order valence-electron chi connectivity index (χ3n) is 2.74. The number of ether oxygens (including phenoxy) is 2. The lowest BCUT2D eigenvalue weighted by atomic mass is 10.2. The molecular formula is C16H24N2O4. The highest BCUT2D eigenvalue weighted by Gasteiger charge is 2.10. The maximum atomic E-state index is 12.0. The first kappa shape index (κ1) is 18.0. The van der Waals surface area contributed by atoms with Crippen LogP contribution in [0.15, 0.2) is 18.2 Å². The lowest BCUT2D eigenvalue weighted by Gasteiger charge is -2.13. The number of carbonyl (C=O) groups excluding carboxylic acids is 2. The van der Waals surface area contributed by atoms with Gasteiger partial charge in [-0.3, -0.25) is 9.59 Å². The van der Waals surface area contributed by atoms with Crippen LogP contribution in [0.25, 0.3) is 0 Å². The molecule has 0 radical (unpaired) electrons. The average molecular weight is 308 g/mol. The van der Waals surface area contributed by atoms with Gasteiger partial charge in [-0.15, -0.1) is 0 Å². The average Bonchev–Trinajstić information content (AvgIpc) is 2.44. The summed E-state index contributed by atoms with van der Waals surface area (Å²) in [7, 11) is 1.54. The van der Waals surface area contributed by atoms with E-state index in [1.807, 2.05) is 0 Å². The smallest absolute Gasteiger partial charge is 0.226 e. The van der Waals surface area contributed by atoms with Crippen LogP contribution >= 0.6 is 0 Å². The molecule has 0 aliphatic carbocycles. The fourth-order valence-corrected chi connectivity index (χ4v) is 1.75. The highest BCUT2D eigenvalue weighted by molar-refractivity contribution is 5.99. The zero-order valence-electron chi connectivity index (χ0n) is 13.6. The Morgan fingerprint density at radius 3 is 2.50 bits per heavy atom. The van der Waals surface area contributed by atoms with Crippen molar-refractivity contribution in [2.24, 2.45) is 5.92 Å². The number of benzene rings is 1. The predicted molar refractivity (Wildman–Crippen MR) is 86.2 cm³/mol. The van der Waals surface area contributed by atoms with Gasteiger partial charge >= 0.3 is 0 Å². The van der Waals surface area contributed by atoms with Crippen LogP contribution < -0.4 is 15.4 Å². The summed E-state index contributed by atoms with van der Waals surface area (Å²) < 4.78 is 10.5. The third-order valence-corrected chi connectivity index (χ3v) is 2.74. The van der Waals surface area contributed by atoms with Crippen LogP contribution in [0.2, 0.25) is 0 Å². The Balaban J connectivity index is 2.65. The van der Waals surface area contributed by atoms with Crippen molar-refractivity contribution in [3.8, 4) is 5.75 Å². The van der Waals surface area contributed by atoms with Crippen molar-refractivity contribution >= 4 is 23.2 Å². The molecule has 1 rings (SSSR count). The summed E-state index contributed by atoms with van der Waals surface area (Å²) in [4.78, 5) is 23.2. The van der Waals surface area contributed by atoms with E-state index >= 15 is 0 Å². The fraction of sp³-hybridized carbons (Fsp3) is 0.500. The second kappa shape index (κ2) is 9.04. The molecule has 0 saturated carbocycles. The Kier molecular flexibility index (Phi) is 7.39. The molecule has 1 aromatic rings. The summed E-state index contributed by atoms with van der Waals surface area (Å²) in [5.74, 6) is 0.651. The Morgan fingerprint density at radius 1 is 1.18 bits per heavy atom. The van der Waals surface area contributed by atoms with Crippen LogP contribution in [0.5, 0.6) is 5.75 Å². The van der Waals surface area contributed by atoms with Crippen molar-refractivity contribution in [1.82, 2.24) is 0 Å². The van der Waals surface area contributed by atoms with E-state index in [0.717, 1.165) is 0 Å². The molecule has 0 aromatic heterocycles. The van der Waals surface area contributed by atoms with Gasteiger partial charge in [-0.2, -0.15) is 0 Å². The van der Waals surface area contributed by atoms with Crippen molar-refractivity contribution in [1.29, 1.82) is 0 Å². The number of hydrogen-bond acceptors (Lipinski definition) is 4. The Hall–Kier alpha value is -2.08. The van der Waals surface area contributed by atoms with Crippen molar-refractivity contribution in [3.63, 3.8) is 0 Å². The minimum Gasteiger partial charge on any atom is -0.497 e. The number of anilines is 2. The van der Waals surface area contributed by atoms with Gasteiger partial charge in [-0.05, 0) is 18.1 Å². The monoisotopic (exact) mass is 308 g/mol. The molecule has 122 valence electrons. The van der Waals surface area contributed by atoms with E-state index in [9.17, 15) is 9.59 Å². The van der Waals surface area contributed by atoms with Crippen molar-refractivity contribution in [2.75, 3.05) is 31.0 Å². The minimum atomic E-state index is -0.207. The fourth-order valence-electron chi connectivity index (χ4n) is 1.75. The molecule has 0 atom stereocenters. The molecule has 0 aliphatic heterocycles. The number of rotatable bonds is 8. The van der Waals surface area contributed by atoms with Gasteiger partial charge in [0.25, 0.3) is 0 Å². The van der Waals surface area contributed by atoms with Gasteiger partial charge in [0.15, 0.2) is 0 Å². The second-order valence-corrected chi connectivity index (χ2v) is 5.36. The molecule has 0 unspecified atom stereocenters. The van der Waals surface area contributed by atoms with Crippen molar-refractivity contribution < 1.29 is 19.1 Å². The van der Waals surface area contributed by atoms with E-state index in [2.05, 4.69) is 24.5 Å². The number of amides is 2. The first-order valence-electron chi connectivity index (χ1n) is 7.25. The van der Waals surface area contributed by atoms with Gasteiger partial charge in [0.2, 0.25) is 11.8 Å². The first-order valence-corrected chi connectivity index (χ1v) is 7.25. The molecule has 6 heteroatoms. The van der Waals surface area contributed by atoms with E-state index in [-0.39, 0.29) is 18.2 Å². The molecule has 1 aromatic carbocycles. The number of hydrogen-bond donors (Lipinski definition) is 2. The van der Waals surface area contributed by atoms with Crippen LogP contribution in [0.1, 0.15) is 27.2 Å². The minimum absolute atomic E-state index is 0.177. The summed E-state index contributed by atoms with van der Waals surface area (Å²) >= 11 is 0. The first-order chi connectivity index (χ1) is 10.4. The maximum Gasteiger partial charge on any atom is 0.226 e. The molecule has 6 nitrogen and oxygen atoms in total. The van der Waals surface area contributed by atoms with Gasteiger partial charge in [0.05, 0.1) is 31.5 Å². The summed E-state index contributed by atoms with van der Waals surface area (Å²) in [6, 6.07) is 5.07. The normalized spacial score (nSPS) is 10.4. The van der Waals surface area contributed by atoms with Crippen LogP contribution in [-0.4, -0.2) is 32.1 Å². The van der Waals surface area contributed by atoms with Gasteiger partial charge < -0.3 is 20.1 Å². The predicted octanol–water partition coefficient (Wildman–Crippen LogP) is 2.65. The summed E-state index contributed by atoms with van der Waals surface area (Å²) in [6.45, 7) is 6.51. The van der Waals surface area contributed by atoms with Crippen molar-refractivity contribution in [2.45, 2.75) is 27.2 Å². The Morgan fingerprint density at radius 2 is 1.91 bits per heavy atom.